The van der Waals surface area contributed by atoms with Gasteiger partial charge in [0, 0.05) is 79.4 Å². The van der Waals surface area contributed by atoms with Crippen molar-refractivity contribution in [2.75, 3.05) is 51.2 Å². The van der Waals surface area contributed by atoms with E-state index in [1.54, 1.807) is 0 Å². The first-order valence-electron chi connectivity index (χ1n) is 13.1. The van der Waals surface area contributed by atoms with Gasteiger partial charge in [-0.15, -0.1) is 0 Å². The average Bonchev–Trinajstić information content (AvgIpc) is 3.37. The zero-order valence-corrected chi connectivity index (χ0v) is 20.9. The molecule has 0 aliphatic carbocycles. The summed E-state index contributed by atoms with van der Waals surface area (Å²) in [4.78, 5) is 27.7. The number of hydrogen-bond donors (Lipinski definition) is 1. The first kappa shape index (κ1) is 22.8. The Morgan fingerprint density at radius 1 is 0.806 bits per heavy atom. The number of aromatic nitrogens is 2. The minimum absolute atomic E-state index is 0.143. The topological polar surface area (TPSA) is 55.5 Å². The van der Waals surface area contributed by atoms with E-state index in [2.05, 4.69) is 64.3 Å². The molecule has 6 heteroatoms. The number of carbonyl (C=O) groups excluding carboxylic acids is 1. The quantitative estimate of drug-likeness (QED) is 0.433. The van der Waals surface area contributed by atoms with Crippen LogP contribution >= 0.6 is 0 Å². The van der Waals surface area contributed by atoms with E-state index in [0.717, 1.165) is 91.0 Å². The van der Waals surface area contributed by atoms with Crippen molar-refractivity contribution in [3.8, 4) is 22.3 Å². The number of benzene rings is 2. The normalized spacial score (nSPS) is 17.0. The monoisotopic (exact) mass is 479 g/mol. The van der Waals surface area contributed by atoms with Crippen LogP contribution in [0.1, 0.15) is 29.6 Å². The van der Waals surface area contributed by atoms with Gasteiger partial charge in [0.15, 0.2) is 0 Å². The molecule has 2 aromatic carbocycles. The number of rotatable bonds is 4. The number of nitrogens with zero attached hydrogens (tertiary/aromatic N) is 4. The zero-order valence-electron chi connectivity index (χ0n) is 20.9. The molecule has 0 spiro atoms. The number of fused-ring (bicyclic) bond motifs is 1. The summed E-state index contributed by atoms with van der Waals surface area (Å²) in [6, 6.07) is 19.1. The third kappa shape index (κ3) is 4.49. The maximum atomic E-state index is 12.9. The van der Waals surface area contributed by atoms with E-state index in [1.165, 1.54) is 12.1 Å². The third-order valence-electron chi connectivity index (χ3n) is 7.69. The van der Waals surface area contributed by atoms with Crippen molar-refractivity contribution in [3.63, 3.8) is 0 Å². The lowest BCUT2D eigenvalue weighted by Crippen LogP contribution is -2.44. The van der Waals surface area contributed by atoms with Gasteiger partial charge in [0.25, 0.3) is 5.91 Å². The second kappa shape index (κ2) is 9.78. The number of nitrogens with one attached hydrogen (secondary N) is 1. The maximum Gasteiger partial charge on any atom is 0.253 e. The molecule has 0 unspecified atom stereocenters. The fourth-order valence-corrected chi connectivity index (χ4v) is 5.40. The molecule has 2 aromatic heterocycles. The van der Waals surface area contributed by atoms with Crippen molar-refractivity contribution in [2.45, 2.75) is 19.3 Å². The van der Waals surface area contributed by atoms with Crippen LogP contribution in [-0.2, 0) is 0 Å². The largest absolute Gasteiger partial charge is 0.369 e. The van der Waals surface area contributed by atoms with Crippen molar-refractivity contribution < 1.29 is 4.79 Å². The van der Waals surface area contributed by atoms with Gasteiger partial charge in [-0.25, -0.2) is 4.98 Å². The van der Waals surface area contributed by atoms with Gasteiger partial charge in [-0.3, -0.25) is 4.79 Å². The molecule has 1 N–H and O–H groups in total. The van der Waals surface area contributed by atoms with Crippen LogP contribution < -0.4 is 4.90 Å². The molecule has 0 saturated carbocycles. The van der Waals surface area contributed by atoms with Crippen molar-refractivity contribution in [3.05, 3.63) is 72.6 Å². The number of piperidine rings is 1. The Labute approximate surface area is 212 Å². The number of pyridine rings is 1. The Balaban J connectivity index is 1.23. The molecule has 184 valence electrons. The van der Waals surface area contributed by atoms with E-state index >= 15 is 0 Å². The Morgan fingerprint density at radius 2 is 1.50 bits per heavy atom. The SMILES string of the molecule is CN1CCN(c2ccc(-c3cnc4[nH]cc(-c5ccc(C(=O)N6CCCCC6)cc5)c4c3)cc2)CC1. The summed E-state index contributed by atoms with van der Waals surface area (Å²) in [5.41, 5.74) is 7.37. The summed E-state index contributed by atoms with van der Waals surface area (Å²) in [6.45, 7) is 6.08. The van der Waals surface area contributed by atoms with E-state index in [0.29, 0.717) is 0 Å². The van der Waals surface area contributed by atoms with Gasteiger partial charge in [0.05, 0.1) is 0 Å². The lowest BCUT2D eigenvalue weighted by atomic mass is 10.0. The molecular weight excluding hydrogens is 446 g/mol. The van der Waals surface area contributed by atoms with Gasteiger partial charge < -0.3 is 19.7 Å². The van der Waals surface area contributed by atoms with Crippen LogP contribution in [0, 0.1) is 0 Å². The Kier molecular flexibility index (Phi) is 6.20. The van der Waals surface area contributed by atoms with E-state index in [9.17, 15) is 4.79 Å². The van der Waals surface area contributed by atoms with Gasteiger partial charge in [0.2, 0.25) is 0 Å². The number of piperazine rings is 1. The van der Waals surface area contributed by atoms with Crippen LogP contribution in [0.5, 0.6) is 0 Å². The number of likely N-dealkylation sites (N-methyl/N-ethyl adjacent to an activating group) is 1. The van der Waals surface area contributed by atoms with Crippen molar-refractivity contribution >= 4 is 22.6 Å². The third-order valence-corrected chi connectivity index (χ3v) is 7.69. The van der Waals surface area contributed by atoms with E-state index in [1.807, 2.05) is 29.4 Å². The molecule has 2 saturated heterocycles. The molecule has 0 atom stereocenters. The van der Waals surface area contributed by atoms with E-state index < -0.39 is 0 Å². The summed E-state index contributed by atoms with van der Waals surface area (Å²) in [5.74, 6) is 0.143. The van der Waals surface area contributed by atoms with E-state index in [-0.39, 0.29) is 5.91 Å². The van der Waals surface area contributed by atoms with Gasteiger partial charge in [0.1, 0.15) is 5.65 Å². The maximum absolute atomic E-state index is 12.9. The standard InChI is InChI=1S/C30H33N5O/c1-33-15-17-34(18-16-33)26-11-9-22(10-12-26)25-19-27-28(21-32-29(27)31-20-25)23-5-7-24(8-6-23)30(36)35-13-3-2-4-14-35/h5-12,19-21H,2-4,13-18H2,1H3,(H,31,32). The van der Waals surface area contributed by atoms with Gasteiger partial charge in [-0.1, -0.05) is 24.3 Å². The van der Waals surface area contributed by atoms with E-state index in [4.69, 9.17) is 4.98 Å². The number of anilines is 1. The molecule has 2 aliphatic rings. The number of likely N-dealkylation sites (tertiary alicyclic amines) is 1. The first-order chi connectivity index (χ1) is 17.7. The first-order valence-corrected chi connectivity index (χ1v) is 13.1. The van der Waals surface area contributed by atoms with Gasteiger partial charge in [-0.2, -0.15) is 0 Å². The lowest BCUT2D eigenvalue weighted by Gasteiger charge is -2.34. The average molecular weight is 480 g/mol. The molecule has 6 rings (SSSR count). The molecule has 36 heavy (non-hydrogen) atoms. The van der Waals surface area contributed by atoms with Crippen LogP contribution in [0.2, 0.25) is 0 Å². The highest BCUT2D eigenvalue weighted by atomic mass is 16.2. The number of amides is 1. The smallest absolute Gasteiger partial charge is 0.253 e. The molecule has 4 aromatic rings. The van der Waals surface area contributed by atoms with Gasteiger partial charge >= 0.3 is 0 Å². The summed E-state index contributed by atoms with van der Waals surface area (Å²) in [7, 11) is 2.18. The summed E-state index contributed by atoms with van der Waals surface area (Å²) in [6.07, 6.45) is 7.38. The lowest BCUT2D eigenvalue weighted by molar-refractivity contribution is 0.0724. The molecule has 4 heterocycles. The minimum atomic E-state index is 0.143. The van der Waals surface area contributed by atoms with Crippen LogP contribution in [0.3, 0.4) is 0 Å². The highest BCUT2D eigenvalue weighted by Gasteiger charge is 2.19. The summed E-state index contributed by atoms with van der Waals surface area (Å²) >= 11 is 0. The summed E-state index contributed by atoms with van der Waals surface area (Å²) < 4.78 is 0. The fourth-order valence-electron chi connectivity index (χ4n) is 5.40. The highest BCUT2D eigenvalue weighted by Crippen LogP contribution is 2.32. The molecule has 2 fully saturated rings. The van der Waals surface area contributed by atoms with Crippen LogP contribution in [0.15, 0.2) is 67.0 Å². The molecule has 2 aliphatic heterocycles. The molecule has 1 amide bonds. The fraction of sp³-hybridized carbons (Fsp3) is 0.333. The Bertz CT molecular complexity index is 1340. The number of aromatic amines is 1. The molecular formula is C30H33N5O. The number of hydrogen-bond acceptors (Lipinski definition) is 4. The van der Waals surface area contributed by atoms with Crippen molar-refractivity contribution in [1.29, 1.82) is 0 Å². The predicted molar refractivity (Wildman–Crippen MR) is 146 cm³/mol. The highest BCUT2D eigenvalue weighted by molar-refractivity contribution is 5.98. The molecule has 0 radical (unpaired) electrons. The summed E-state index contributed by atoms with van der Waals surface area (Å²) in [5, 5.41) is 1.09. The Morgan fingerprint density at radius 3 is 2.22 bits per heavy atom. The van der Waals surface area contributed by atoms with Crippen molar-refractivity contribution in [1.82, 2.24) is 19.8 Å². The number of H-pyrrole nitrogens is 1. The Hall–Kier alpha value is -3.64. The zero-order chi connectivity index (χ0) is 24.5. The number of carbonyl (C=O) groups is 1. The van der Waals surface area contributed by atoms with Crippen molar-refractivity contribution in [2.24, 2.45) is 0 Å². The van der Waals surface area contributed by atoms with Crippen LogP contribution in [0.4, 0.5) is 5.69 Å². The van der Waals surface area contributed by atoms with Crippen LogP contribution in [0.25, 0.3) is 33.3 Å². The van der Waals surface area contributed by atoms with Gasteiger partial charge in [-0.05, 0) is 67.8 Å². The molecule has 6 nitrogen and oxygen atoms in total. The van der Waals surface area contributed by atoms with Crippen LogP contribution in [-0.4, -0.2) is 72.0 Å². The predicted octanol–water partition coefficient (Wildman–Crippen LogP) is 5.27. The second-order valence-corrected chi connectivity index (χ2v) is 10.1. The molecule has 0 bridgehead atoms. The minimum Gasteiger partial charge on any atom is -0.369 e. The second-order valence-electron chi connectivity index (χ2n) is 10.1.